The van der Waals surface area contributed by atoms with Crippen molar-refractivity contribution in [3.63, 3.8) is 0 Å². The van der Waals surface area contributed by atoms with Crippen molar-refractivity contribution in [3.8, 4) is 11.1 Å². The van der Waals surface area contributed by atoms with Gasteiger partial charge in [0.05, 0.1) is 5.69 Å². The molecule has 0 unspecified atom stereocenters. The van der Waals surface area contributed by atoms with Crippen molar-refractivity contribution in [1.82, 2.24) is 4.57 Å². The Labute approximate surface area is 111 Å². The van der Waals surface area contributed by atoms with E-state index in [1.165, 1.54) is 11.5 Å². The fourth-order valence-electron chi connectivity index (χ4n) is 2.54. The number of rotatable bonds is 3. The van der Waals surface area contributed by atoms with Crippen LogP contribution in [0.25, 0.3) is 11.1 Å². The molecule has 1 aromatic carbocycles. The van der Waals surface area contributed by atoms with Crippen LogP contribution in [0, 0.1) is 6.92 Å². The molecule has 1 N–H and O–H groups in total. The van der Waals surface area contributed by atoms with Crippen LogP contribution in [0.2, 0.25) is 0 Å². The minimum absolute atomic E-state index is 0.135. The fraction of sp³-hybridized carbons (Fsp3) is 0.200. The predicted molar refractivity (Wildman–Crippen MR) is 72.5 cm³/mol. The highest BCUT2D eigenvalue weighted by Gasteiger charge is 2.25. The highest BCUT2D eigenvalue weighted by atomic mass is 16.4. The van der Waals surface area contributed by atoms with E-state index >= 15 is 0 Å². The van der Waals surface area contributed by atoms with Crippen molar-refractivity contribution < 1.29 is 14.7 Å². The molecular weight excluding hydrogens is 242 g/mol. The van der Waals surface area contributed by atoms with Gasteiger partial charge in [0.2, 0.25) is 0 Å². The third kappa shape index (κ3) is 2.05. The Morgan fingerprint density at radius 1 is 1.11 bits per heavy atom. The maximum atomic E-state index is 11.7. The monoisotopic (exact) mass is 257 g/mol. The molecule has 0 saturated heterocycles. The van der Waals surface area contributed by atoms with E-state index in [2.05, 4.69) is 0 Å². The number of benzene rings is 1. The lowest BCUT2D eigenvalue weighted by Crippen LogP contribution is -2.10. The molecule has 0 amide bonds. The molecule has 0 spiro atoms. The summed E-state index contributed by atoms with van der Waals surface area (Å²) >= 11 is 0. The van der Waals surface area contributed by atoms with Crippen molar-refractivity contribution in [3.05, 3.63) is 47.3 Å². The molecule has 0 saturated carbocycles. The predicted octanol–water partition coefficient (Wildman–Crippen LogP) is 2.90. The summed E-state index contributed by atoms with van der Waals surface area (Å²) in [6, 6.07) is 9.26. The standard InChI is InChI=1S/C15H15NO3/c1-9-12(11-7-5-4-6-8-11)14(15(18)19)16(3)13(9)10(2)17/h4-8H,1-3H3,(H,18,19). The number of Topliss-reactive ketones (excluding diaryl/α,β-unsaturated/α-hetero) is 1. The Morgan fingerprint density at radius 2 is 1.68 bits per heavy atom. The van der Waals surface area contributed by atoms with Gasteiger partial charge in [-0.05, 0) is 18.1 Å². The molecule has 0 radical (unpaired) electrons. The normalized spacial score (nSPS) is 10.5. The second-order valence-corrected chi connectivity index (χ2v) is 4.48. The molecule has 0 aliphatic carbocycles. The Balaban J connectivity index is 2.84. The average molecular weight is 257 g/mol. The number of carboxylic acids is 1. The van der Waals surface area contributed by atoms with Crippen LogP contribution in [-0.4, -0.2) is 21.4 Å². The number of carbonyl (C=O) groups is 2. The summed E-state index contributed by atoms with van der Waals surface area (Å²) in [4.78, 5) is 23.2. The molecule has 4 heteroatoms. The first-order valence-electron chi connectivity index (χ1n) is 5.94. The van der Waals surface area contributed by atoms with Gasteiger partial charge in [-0.3, -0.25) is 4.79 Å². The first-order chi connectivity index (χ1) is 8.95. The highest BCUT2D eigenvalue weighted by molar-refractivity contribution is 6.03. The number of carboxylic acid groups (broad SMARTS) is 1. The summed E-state index contributed by atoms with van der Waals surface area (Å²) in [6.07, 6.45) is 0. The lowest BCUT2D eigenvalue weighted by molar-refractivity contribution is 0.0687. The second-order valence-electron chi connectivity index (χ2n) is 4.48. The quantitative estimate of drug-likeness (QED) is 0.860. The molecule has 4 nitrogen and oxygen atoms in total. The van der Waals surface area contributed by atoms with Crippen LogP contribution in [0.4, 0.5) is 0 Å². The lowest BCUT2D eigenvalue weighted by atomic mass is 10.0. The maximum absolute atomic E-state index is 11.7. The minimum atomic E-state index is -1.03. The maximum Gasteiger partial charge on any atom is 0.353 e. The van der Waals surface area contributed by atoms with Gasteiger partial charge in [-0.15, -0.1) is 0 Å². The van der Waals surface area contributed by atoms with Crippen LogP contribution in [0.15, 0.2) is 30.3 Å². The number of nitrogens with zero attached hydrogens (tertiary/aromatic N) is 1. The Morgan fingerprint density at radius 3 is 2.16 bits per heavy atom. The van der Waals surface area contributed by atoms with Gasteiger partial charge in [0.15, 0.2) is 5.78 Å². The zero-order chi connectivity index (χ0) is 14.2. The van der Waals surface area contributed by atoms with Gasteiger partial charge in [-0.25, -0.2) is 4.79 Å². The van der Waals surface area contributed by atoms with Crippen LogP contribution in [-0.2, 0) is 7.05 Å². The highest BCUT2D eigenvalue weighted by Crippen LogP contribution is 2.32. The summed E-state index contributed by atoms with van der Waals surface area (Å²) in [5.74, 6) is -1.17. The fourth-order valence-corrected chi connectivity index (χ4v) is 2.54. The van der Waals surface area contributed by atoms with Crippen LogP contribution in [0.5, 0.6) is 0 Å². The molecule has 0 fully saturated rings. The number of aromatic carboxylic acids is 1. The van der Waals surface area contributed by atoms with E-state index in [1.807, 2.05) is 30.3 Å². The van der Waals surface area contributed by atoms with Crippen molar-refractivity contribution in [2.45, 2.75) is 13.8 Å². The number of ketones is 1. The first-order valence-corrected chi connectivity index (χ1v) is 5.94. The van der Waals surface area contributed by atoms with Crippen LogP contribution >= 0.6 is 0 Å². The van der Waals surface area contributed by atoms with Crippen LogP contribution in [0.1, 0.15) is 33.5 Å². The lowest BCUT2D eigenvalue weighted by Gasteiger charge is -2.04. The zero-order valence-electron chi connectivity index (χ0n) is 11.1. The molecule has 0 bridgehead atoms. The molecular formula is C15H15NO3. The van der Waals surface area contributed by atoms with Gasteiger partial charge in [0, 0.05) is 19.5 Å². The largest absolute Gasteiger partial charge is 0.477 e. The topological polar surface area (TPSA) is 59.3 Å². The minimum Gasteiger partial charge on any atom is -0.477 e. The molecule has 98 valence electrons. The van der Waals surface area contributed by atoms with Crippen molar-refractivity contribution in [2.75, 3.05) is 0 Å². The summed E-state index contributed by atoms with van der Waals surface area (Å²) < 4.78 is 1.46. The molecule has 2 rings (SSSR count). The van der Waals surface area contributed by atoms with E-state index in [9.17, 15) is 14.7 Å². The Bertz CT molecular complexity index is 654. The van der Waals surface area contributed by atoms with E-state index < -0.39 is 5.97 Å². The summed E-state index contributed by atoms with van der Waals surface area (Å²) in [5, 5.41) is 9.40. The SMILES string of the molecule is CC(=O)c1c(C)c(-c2ccccc2)c(C(=O)O)n1C. The van der Waals surface area contributed by atoms with Crippen LogP contribution in [0.3, 0.4) is 0 Å². The molecule has 1 aromatic heterocycles. The number of aromatic nitrogens is 1. The van der Waals surface area contributed by atoms with Gasteiger partial charge >= 0.3 is 5.97 Å². The van der Waals surface area contributed by atoms with Crippen LogP contribution < -0.4 is 0 Å². The summed E-state index contributed by atoms with van der Waals surface area (Å²) in [6.45, 7) is 3.23. The van der Waals surface area contributed by atoms with Gasteiger partial charge in [-0.2, -0.15) is 0 Å². The zero-order valence-corrected chi connectivity index (χ0v) is 11.1. The van der Waals surface area contributed by atoms with Gasteiger partial charge in [0.1, 0.15) is 5.69 Å². The second kappa shape index (κ2) is 4.72. The van der Waals surface area contributed by atoms with E-state index in [0.29, 0.717) is 16.8 Å². The number of hydrogen-bond acceptors (Lipinski definition) is 2. The van der Waals surface area contributed by atoms with Crippen molar-refractivity contribution in [1.29, 1.82) is 0 Å². The molecule has 0 aliphatic heterocycles. The molecule has 0 atom stereocenters. The first kappa shape index (κ1) is 13.1. The average Bonchev–Trinajstić information content (AvgIpc) is 2.61. The molecule has 2 aromatic rings. The molecule has 1 heterocycles. The van der Waals surface area contributed by atoms with E-state index in [0.717, 1.165) is 5.56 Å². The molecule has 19 heavy (non-hydrogen) atoms. The number of carbonyl (C=O) groups excluding carboxylic acids is 1. The Kier molecular flexibility index (Phi) is 3.25. The van der Waals surface area contributed by atoms with Gasteiger partial charge in [0.25, 0.3) is 0 Å². The van der Waals surface area contributed by atoms with Crippen molar-refractivity contribution in [2.24, 2.45) is 7.05 Å². The van der Waals surface area contributed by atoms with E-state index in [1.54, 1.807) is 14.0 Å². The van der Waals surface area contributed by atoms with Crippen molar-refractivity contribution >= 4 is 11.8 Å². The number of hydrogen-bond donors (Lipinski definition) is 1. The summed E-state index contributed by atoms with van der Waals surface area (Å²) in [5.41, 5.74) is 2.71. The molecule has 0 aliphatic rings. The third-order valence-electron chi connectivity index (χ3n) is 3.24. The van der Waals surface area contributed by atoms with Gasteiger partial charge in [-0.1, -0.05) is 30.3 Å². The van der Waals surface area contributed by atoms with Gasteiger partial charge < -0.3 is 9.67 Å². The third-order valence-corrected chi connectivity index (χ3v) is 3.24. The van der Waals surface area contributed by atoms with E-state index in [4.69, 9.17) is 0 Å². The van der Waals surface area contributed by atoms with E-state index in [-0.39, 0.29) is 11.5 Å². The Hall–Kier alpha value is -2.36. The smallest absolute Gasteiger partial charge is 0.353 e. The summed E-state index contributed by atoms with van der Waals surface area (Å²) in [7, 11) is 1.61.